The Kier molecular flexibility index (Phi) is 2.94. The monoisotopic (exact) mass is 242 g/mol. The molecule has 2 N–H and O–H groups in total. The van der Waals surface area contributed by atoms with E-state index in [0.29, 0.717) is 17.1 Å². The van der Waals surface area contributed by atoms with Crippen LogP contribution in [0.5, 0.6) is 0 Å². The second-order valence-electron chi connectivity index (χ2n) is 3.05. The molecule has 0 fully saturated rings. The summed E-state index contributed by atoms with van der Waals surface area (Å²) in [5, 5.41) is 15.7. The molecule has 7 heteroatoms. The number of aromatic amines is 1. The molecule has 0 aliphatic rings. The highest BCUT2D eigenvalue weighted by Crippen LogP contribution is 2.14. The Labute approximate surface area is 95.4 Å². The molecule has 2 aromatic heterocycles. The van der Waals surface area contributed by atoms with Gasteiger partial charge in [0.15, 0.2) is 10.6 Å². The Bertz CT molecular complexity index is 513. The van der Waals surface area contributed by atoms with Gasteiger partial charge in [-0.15, -0.1) is 11.3 Å². The van der Waals surface area contributed by atoms with Gasteiger partial charge in [0.1, 0.15) is 6.61 Å². The third-order valence-corrected chi connectivity index (χ3v) is 3.36. The van der Waals surface area contributed by atoms with E-state index in [9.17, 15) is 0 Å². The predicted molar refractivity (Wildman–Crippen MR) is 59.3 cm³/mol. The lowest BCUT2D eigenvalue weighted by Gasteiger charge is -2.03. The number of aliphatic hydroxyl groups excluding tert-OH is 1. The van der Waals surface area contributed by atoms with Gasteiger partial charge in [-0.3, -0.25) is 9.67 Å². The smallest absolute Gasteiger partial charge is 0.195 e. The van der Waals surface area contributed by atoms with Crippen molar-refractivity contribution in [2.75, 3.05) is 0 Å². The van der Waals surface area contributed by atoms with Gasteiger partial charge in [-0.1, -0.05) is 0 Å². The maximum absolute atomic E-state index is 9.07. The Hall–Kier alpha value is -1.05. The third kappa shape index (κ3) is 1.99. The minimum absolute atomic E-state index is 0.120. The third-order valence-electron chi connectivity index (χ3n) is 2.13. The van der Waals surface area contributed by atoms with E-state index in [1.54, 1.807) is 21.4 Å². The first-order chi connectivity index (χ1) is 7.22. The molecule has 2 aromatic rings. The standard InChI is InChI=1S/C8H10N4OS2/c1-5-6(15-4-9-5)2-12-7(3-13)10-11-8(12)14/h4,13H,2-3H2,1H3,(H,11,14). The van der Waals surface area contributed by atoms with Crippen molar-refractivity contribution in [1.29, 1.82) is 0 Å². The maximum atomic E-state index is 9.07. The van der Waals surface area contributed by atoms with Crippen LogP contribution in [0.2, 0.25) is 0 Å². The molecule has 0 atom stereocenters. The van der Waals surface area contributed by atoms with Crippen molar-refractivity contribution in [1.82, 2.24) is 19.7 Å². The summed E-state index contributed by atoms with van der Waals surface area (Å²) in [6.07, 6.45) is 0. The van der Waals surface area contributed by atoms with Crippen molar-refractivity contribution < 1.29 is 5.11 Å². The molecule has 2 rings (SSSR count). The van der Waals surface area contributed by atoms with Crippen molar-refractivity contribution in [3.63, 3.8) is 0 Å². The second kappa shape index (κ2) is 4.21. The molecule has 0 radical (unpaired) electrons. The highest BCUT2D eigenvalue weighted by atomic mass is 32.1. The molecular weight excluding hydrogens is 232 g/mol. The quantitative estimate of drug-likeness (QED) is 0.795. The molecule has 0 spiro atoms. The molecule has 0 aliphatic carbocycles. The van der Waals surface area contributed by atoms with Crippen LogP contribution in [0.1, 0.15) is 16.4 Å². The molecule has 0 aromatic carbocycles. The first-order valence-electron chi connectivity index (χ1n) is 4.36. The average molecular weight is 242 g/mol. The molecule has 15 heavy (non-hydrogen) atoms. The first kappa shape index (κ1) is 10.5. The molecule has 80 valence electrons. The Morgan fingerprint density at radius 3 is 3.07 bits per heavy atom. The molecule has 0 bridgehead atoms. The van der Waals surface area contributed by atoms with Crippen molar-refractivity contribution in [2.45, 2.75) is 20.1 Å². The Morgan fingerprint density at radius 2 is 2.47 bits per heavy atom. The van der Waals surface area contributed by atoms with Gasteiger partial charge in [0.25, 0.3) is 0 Å². The topological polar surface area (TPSA) is 66.7 Å². The first-order valence-corrected chi connectivity index (χ1v) is 5.65. The summed E-state index contributed by atoms with van der Waals surface area (Å²) in [6.45, 7) is 2.45. The zero-order valence-electron chi connectivity index (χ0n) is 8.10. The van der Waals surface area contributed by atoms with Gasteiger partial charge in [-0.2, -0.15) is 5.10 Å². The van der Waals surface area contributed by atoms with Crippen molar-refractivity contribution >= 4 is 23.6 Å². The summed E-state index contributed by atoms with van der Waals surface area (Å²) in [7, 11) is 0. The van der Waals surface area contributed by atoms with E-state index in [1.807, 2.05) is 6.92 Å². The van der Waals surface area contributed by atoms with E-state index < -0.39 is 0 Å². The summed E-state index contributed by atoms with van der Waals surface area (Å²) in [4.78, 5) is 5.29. The van der Waals surface area contributed by atoms with Crippen LogP contribution in [0.4, 0.5) is 0 Å². The number of aliphatic hydroxyl groups is 1. The van der Waals surface area contributed by atoms with E-state index in [0.717, 1.165) is 10.6 Å². The Morgan fingerprint density at radius 1 is 1.67 bits per heavy atom. The van der Waals surface area contributed by atoms with Gasteiger partial charge in [-0.05, 0) is 19.1 Å². The number of H-pyrrole nitrogens is 1. The van der Waals surface area contributed by atoms with Gasteiger partial charge < -0.3 is 5.11 Å². The number of hydrogen-bond acceptors (Lipinski definition) is 5. The summed E-state index contributed by atoms with van der Waals surface area (Å²) in [5.41, 5.74) is 2.79. The van der Waals surface area contributed by atoms with Crippen LogP contribution in [0.25, 0.3) is 0 Å². The van der Waals surface area contributed by atoms with Crippen LogP contribution in [0.15, 0.2) is 5.51 Å². The molecule has 0 saturated carbocycles. The van der Waals surface area contributed by atoms with Gasteiger partial charge in [0.05, 0.1) is 17.7 Å². The molecule has 5 nitrogen and oxygen atoms in total. The fourth-order valence-corrected chi connectivity index (χ4v) is 2.24. The molecule has 0 aliphatic heterocycles. The van der Waals surface area contributed by atoms with Crippen molar-refractivity contribution in [3.05, 3.63) is 26.7 Å². The largest absolute Gasteiger partial charge is 0.388 e. The highest BCUT2D eigenvalue weighted by Gasteiger charge is 2.08. The Balaban J connectivity index is 2.35. The van der Waals surface area contributed by atoms with E-state index in [1.165, 1.54) is 0 Å². The van der Waals surface area contributed by atoms with E-state index in [4.69, 9.17) is 17.3 Å². The van der Waals surface area contributed by atoms with Crippen LogP contribution in [0, 0.1) is 11.7 Å². The van der Waals surface area contributed by atoms with Crippen LogP contribution in [-0.2, 0) is 13.2 Å². The fourth-order valence-electron chi connectivity index (χ4n) is 1.26. The summed E-state index contributed by atoms with van der Waals surface area (Å²) in [6, 6.07) is 0. The summed E-state index contributed by atoms with van der Waals surface area (Å²) < 4.78 is 2.29. The zero-order chi connectivity index (χ0) is 10.8. The lowest BCUT2D eigenvalue weighted by molar-refractivity contribution is 0.265. The molecule has 0 amide bonds. The number of hydrogen-bond donors (Lipinski definition) is 2. The minimum Gasteiger partial charge on any atom is -0.388 e. The number of nitrogens with zero attached hydrogens (tertiary/aromatic N) is 3. The summed E-state index contributed by atoms with van der Waals surface area (Å²) in [5.74, 6) is 0.549. The number of aryl methyl sites for hydroxylation is 1. The maximum Gasteiger partial charge on any atom is 0.195 e. The zero-order valence-corrected chi connectivity index (χ0v) is 9.73. The predicted octanol–water partition coefficient (Wildman–Crippen LogP) is 1.25. The van der Waals surface area contributed by atoms with Gasteiger partial charge >= 0.3 is 0 Å². The second-order valence-corrected chi connectivity index (χ2v) is 4.38. The average Bonchev–Trinajstić information content (AvgIpc) is 2.77. The molecular formula is C8H10N4OS2. The minimum atomic E-state index is -0.120. The van der Waals surface area contributed by atoms with Gasteiger partial charge in [-0.25, -0.2) is 4.98 Å². The molecule has 0 unspecified atom stereocenters. The van der Waals surface area contributed by atoms with Crippen LogP contribution in [0.3, 0.4) is 0 Å². The summed E-state index contributed by atoms with van der Waals surface area (Å²) >= 11 is 6.65. The van der Waals surface area contributed by atoms with Crippen molar-refractivity contribution in [2.24, 2.45) is 0 Å². The SMILES string of the molecule is Cc1ncsc1Cn1c(CO)n[nH]c1=S. The molecule has 2 heterocycles. The number of thiazole rings is 1. The van der Waals surface area contributed by atoms with Crippen LogP contribution >= 0.6 is 23.6 Å². The number of rotatable bonds is 3. The van der Waals surface area contributed by atoms with Crippen molar-refractivity contribution in [3.8, 4) is 0 Å². The fraction of sp³-hybridized carbons (Fsp3) is 0.375. The number of aromatic nitrogens is 4. The van der Waals surface area contributed by atoms with E-state index in [2.05, 4.69) is 15.2 Å². The lowest BCUT2D eigenvalue weighted by Crippen LogP contribution is -2.05. The normalized spacial score (nSPS) is 10.8. The van der Waals surface area contributed by atoms with Gasteiger partial charge in [0.2, 0.25) is 0 Å². The van der Waals surface area contributed by atoms with Crippen LogP contribution in [-0.4, -0.2) is 24.9 Å². The van der Waals surface area contributed by atoms with E-state index >= 15 is 0 Å². The molecule has 0 saturated heterocycles. The van der Waals surface area contributed by atoms with Crippen LogP contribution < -0.4 is 0 Å². The van der Waals surface area contributed by atoms with E-state index in [-0.39, 0.29) is 6.61 Å². The lowest BCUT2D eigenvalue weighted by atomic mass is 10.4. The highest BCUT2D eigenvalue weighted by molar-refractivity contribution is 7.71. The van der Waals surface area contributed by atoms with Gasteiger partial charge in [0, 0.05) is 4.88 Å². The number of nitrogens with one attached hydrogen (secondary N) is 1.